The lowest BCUT2D eigenvalue weighted by atomic mass is 10.1. The van der Waals surface area contributed by atoms with E-state index in [0.29, 0.717) is 6.04 Å². The molecule has 2 rings (SSSR count). The van der Waals surface area contributed by atoms with Gasteiger partial charge in [0.15, 0.2) is 0 Å². The van der Waals surface area contributed by atoms with Gasteiger partial charge < -0.3 is 10.0 Å². The lowest BCUT2D eigenvalue weighted by molar-refractivity contribution is 0.197. The van der Waals surface area contributed by atoms with E-state index >= 15 is 0 Å². The van der Waals surface area contributed by atoms with E-state index in [2.05, 4.69) is 28.6 Å². The molecule has 1 aliphatic heterocycles. The summed E-state index contributed by atoms with van der Waals surface area (Å²) >= 11 is 0. The molecule has 0 aliphatic carbocycles. The molecule has 4 heteroatoms. The van der Waals surface area contributed by atoms with E-state index in [1.807, 2.05) is 12.1 Å². The summed E-state index contributed by atoms with van der Waals surface area (Å²) in [5.74, 6) is 1.02. The molecule has 0 radical (unpaired) electrons. The average Bonchev–Trinajstić information content (AvgIpc) is 2.38. The second-order valence-corrected chi connectivity index (χ2v) is 5.05. The van der Waals surface area contributed by atoms with Gasteiger partial charge in [0.25, 0.3) is 0 Å². The first-order valence-corrected chi connectivity index (χ1v) is 6.74. The molecule has 1 unspecified atom stereocenters. The molecule has 1 N–H and O–H groups in total. The SMILES string of the molecule is CCN1CCN(c2ccc([C@H](C)O)cn2)CC1C. The first-order valence-electron chi connectivity index (χ1n) is 6.74. The van der Waals surface area contributed by atoms with Crippen LogP contribution in [0.15, 0.2) is 18.3 Å². The Morgan fingerprint density at radius 2 is 2.22 bits per heavy atom. The Kier molecular flexibility index (Phi) is 4.19. The van der Waals surface area contributed by atoms with Gasteiger partial charge in [-0.3, -0.25) is 4.90 Å². The summed E-state index contributed by atoms with van der Waals surface area (Å²) in [4.78, 5) is 9.27. The van der Waals surface area contributed by atoms with Crippen LogP contribution in [0.1, 0.15) is 32.4 Å². The van der Waals surface area contributed by atoms with Gasteiger partial charge in [-0.05, 0) is 32.0 Å². The molecule has 1 saturated heterocycles. The minimum atomic E-state index is -0.442. The van der Waals surface area contributed by atoms with Crippen molar-refractivity contribution in [3.8, 4) is 0 Å². The Labute approximate surface area is 109 Å². The van der Waals surface area contributed by atoms with Crippen molar-refractivity contribution in [3.63, 3.8) is 0 Å². The molecule has 0 saturated carbocycles. The fourth-order valence-corrected chi connectivity index (χ4v) is 2.50. The lowest BCUT2D eigenvalue weighted by Gasteiger charge is -2.39. The van der Waals surface area contributed by atoms with E-state index in [-0.39, 0.29) is 0 Å². The van der Waals surface area contributed by atoms with Crippen LogP contribution in [0.2, 0.25) is 0 Å². The van der Waals surface area contributed by atoms with Crippen molar-refractivity contribution in [2.75, 3.05) is 31.1 Å². The van der Waals surface area contributed by atoms with Crippen molar-refractivity contribution in [1.29, 1.82) is 0 Å². The second kappa shape index (κ2) is 5.67. The third-order valence-electron chi connectivity index (χ3n) is 3.75. The molecule has 100 valence electrons. The van der Waals surface area contributed by atoms with Crippen LogP contribution in [0.3, 0.4) is 0 Å². The molecule has 2 heterocycles. The summed E-state index contributed by atoms with van der Waals surface area (Å²) < 4.78 is 0. The fraction of sp³-hybridized carbons (Fsp3) is 0.643. The van der Waals surface area contributed by atoms with Gasteiger partial charge in [-0.15, -0.1) is 0 Å². The normalized spacial score (nSPS) is 23.1. The highest BCUT2D eigenvalue weighted by Crippen LogP contribution is 2.19. The van der Waals surface area contributed by atoms with Gasteiger partial charge in [-0.1, -0.05) is 13.0 Å². The van der Waals surface area contributed by atoms with E-state index in [9.17, 15) is 5.11 Å². The molecular weight excluding hydrogens is 226 g/mol. The van der Waals surface area contributed by atoms with Crippen molar-refractivity contribution in [1.82, 2.24) is 9.88 Å². The summed E-state index contributed by atoms with van der Waals surface area (Å²) in [6, 6.07) is 4.54. The number of likely N-dealkylation sites (N-methyl/N-ethyl adjacent to an activating group) is 1. The Hall–Kier alpha value is -1.13. The molecule has 0 amide bonds. The number of aromatic nitrogens is 1. The number of aliphatic hydroxyl groups excluding tert-OH is 1. The smallest absolute Gasteiger partial charge is 0.128 e. The third kappa shape index (κ3) is 2.82. The van der Waals surface area contributed by atoms with Crippen molar-refractivity contribution in [3.05, 3.63) is 23.9 Å². The zero-order chi connectivity index (χ0) is 13.1. The Balaban J connectivity index is 2.04. The number of rotatable bonds is 3. The summed E-state index contributed by atoms with van der Waals surface area (Å²) in [6.07, 6.45) is 1.33. The van der Waals surface area contributed by atoms with Crippen molar-refractivity contribution in [2.45, 2.75) is 32.9 Å². The molecule has 0 spiro atoms. The minimum Gasteiger partial charge on any atom is -0.389 e. The quantitative estimate of drug-likeness (QED) is 0.884. The number of piperazine rings is 1. The van der Waals surface area contributed by atoms with E-state index in [1.54, 1.807) is 13.1 Å². The predicted octanol–water partition coefficient (Wildman–Crippen LogP) is 1.67. The molecule has 18 heavy (non-hydrogen) atoms. The van der Waals surface area contributed by atoms with Crippen LogP contribution in [0.25, 0.3) is 0 Å². The van der Waals surface area contributed by atoms with Crippen molar-refractivity contribution >= 4 is 5.82 Å². The lowest BCUT2D eigenvalue weighted by Crippen LogP contribution is -2.51. The van der Waals surface area contributed by atoms with Gasteiger partial charge in [-0.2, -0.15) is 0 Å². The van der Waals surface area contributed by atoms with E-state index in [1.165, 1.54) is 0 Å². The maximum absolute atomic E-state index is 9.47. The molecule has 1 aliphatic rings. The zero-order valence-electron chi connectivity index (χ0n) is 11.5. The summed E-state index contributed by atoms with van der Waals surface area (Å²) in [7, 11) is 0. The van der Waals surface area contributed by atoms with Crippen LogP contribution in [0, 0.1) is 0 Å². The van der Waals surface area contributed by atoms with E-state index in [0.717, 1.165) is 37.6 Å². The van der Waals surface area contributed by atoms with Crippen LogP contribution in [0.5, 0.6) is 0 Å². The van der Waals surface area contributed by atoms with Gasteiger partial charge in [0.1, 0.15) is 5.82 Å². The van der Waals surface area contributed by atoms with Crippen LogP contribution in [-0.2, 0) is 0 Å². The third-order valence-corrected chi connectivity index (χ3v) is 3.75. The molecule has 4 nitrogen and oxygen atoms in total. The Morgan fingerprint density at radius 3 is 2.72 bits per heavy atom. The number of nitrogens with zero attached hydrogens (tertiary/aromatic N) is 3. The molecule has 1 fully saturated rings. The minimum absolute atomic E-state index is 0.442. The van der Waals surface area contributed by atoms with Crippen LogP contribution in [-0.4, -0.2) is 47.2 Å². The standard InChI is InChI=1S/C14H23N3O/c1-4-16-7-8-17(10-11(16)2)14-6-5-13(9-15-14)12(3)18/h5-6,9,11-12,18H,4,7-8,10H2,1-3H3/t11?,12-/m0/s1. The van der Waals surface area contributed by atoms with Crippen molar-refractivity contribution < 1.29 is 5.11 Å². The van der Waals surface area contributed by atoms with Crippen molar-refractivity contribution in [2.24, 2.45) is 0 Å². The van der Waals surface area contributed by atoms with Gasteiger partial charge in [0.05, 0.1) is 6.10 Å². The van der Waals surface area contributed by atoms with Crippen LogP contribution < -0.4 is 4.90 Å². The van der Waals surface area contributed by atoms with Crippen LogP contribution >= 0.6 is 0 Å². The Morgan fingerprint density at radius 1 is 1.44 bits per heavy atom. The van der Waals surface area contributed by atoms with Gasteiger partial charge in [0, 0.05) is 31.9 Å². The van der Waals surface area contributed by atoms with Crippen LogP contribution in [0.4, 0.5) is 5.82 Å². The highest BCUT2D eigenvalue weighted by atomic mass is 16.3. The molecule has 0 bridgehead atoms. The average molecular weight is 249 g/mol. The number of anilines is 1. The maximum Gasteiger partial charge on any atom is 0.128 e. The number of aliphatic hydroxyl groups is 1. The topological polar surface area (TPSA) is 39.6 Å². The monoisotopic (exact) mass is 249 g/mol. The van der Waals surface area contributed by atoms with E-state index in [4.69, 9.17) is 0 Å². The number of hydrogen-bond acceptors (Lipinski definition) is 4. The highest BCUT2D eigenvalue weighted by Gasteiger charge is 2.22. The predicted molar refractivity (Wildman–Crippen MR) is 73.8 cm³/mol. The van der Waals surface area contributed by atoms with Gasteiger partial charge in [0.2, 0.25) is 0 Å². The number of pyridine rings is 1. The molecule has 1 aromatic rings. The molecule has 1 aromatic heterocycles. The highest BCUT2D eigenvalue weighted by molar-refractivity contribution is 5.40. The summed E-state index contributed by atoms with van der Waals surface area (Å²) in [5.41, 5.74) is 0.874. The zero-order valence-corrected chi connectivity index (χ0v) is 11.5. The van der Waals surface area contributed by atoms with Gasteiger partial charge in [-0.25, -0.2) is 4.98 Å². The first-order chi connectivity index (χ1) is 8.61. The molecular formula is C14H23N3O. The van der Waals surface area contributed by atoms with Gasteiger partial charge >= 0.3 is 0 Å². The molecule has 2 atom stereocenters. The Bertz CT molecular complexity index is 377. The second-order valence-electron chi connectivity index (χ2n) is 5.05. The molecule has 0 aromatic carbocycles. The number of hydrogen-bond donors (Lipinski definition) is 1. The first kappa shape index (κ1) is 13.3. The van der Waals surface area contributed by atoms with E-state index < -0.39 is 6.10 Å². The fourth-order valence-electron chi connectivity index (χ4n) is 2.50. The summed E-state index contributed by atoms with van der Waals surface area (Å²) in [5, 5.41) is 9.47. The summed E-state index contributed by atoms with van der Waals surface area (Å²) in [6.45, 7) is 10.5. The largest absolute Gasteiger partial charge is 0.389 e. The maximum atomic E-state index is 9.47.